The maximum atomic E-state index is 13.0. The zero-order valence-electron chi connectivity index (χ0n) is 18.4. The van der Waals surface area contributed by atoms with Gasteiger partial charge in [0.1, 0.15) is 5.75 Å². The van der Waals surface area contributed by atoms with Gasteiger partial charge in [-0.1, -0.05) is 18.2 Å². The lowest BCUT2D eigenvalue weighted by Gasteiger charge is -2.35. The van der Waals surface area contributed by atoms with Crippen molar-refractivity contribution in [1.29, 1.82) is 0 Å². The number of morpholine rings is 1. The van der Waals surface area contributed by atoms with Crippen molar-refractivity contribution < 1.29 is 27.5 Å². The van der Waals surface area contributed by atoms with Gasteiger partial charge in [0.25, 0.3) is 5.91 Å². The molecule has 1 atom stereocenters. The number of ether oxygens (including phenoxy) is 2. The summed E-state index contributed by atoms with van der Waals surface area (Å²) in [6.45, 7) is 3.06. The second-order valence-corrected chi connectivity index (χ2v) is 9.86. The van der Waals surface area contributed by atoms with Crippen molar-refractivity contribution in [2.75, 3.05) is 50.0 Å². The first kappa shape index (κ1) is 23.2. The Kier molecular flexibility index (Phi) is 6.96. The maximum absolute atomic E-state index is 13.0. The summed E-state index contributed by atoms with van der Waals surface area (Å²) < 4.78 is 36.1. The molecule has 0 aliphatic carbocycles. The SMILES string of the molecule is COc1cccc([C@@H](CNC(=O)c2cccc(N3C(=O)CCS3(=O)=O)c2)N2CCOCC2)c1. The molecule has 0 unspecified atom stereocenters. The summed E-state index contributed by atoms with van der Waals surface area (Å²) in [6, 6.07) is 13.8. The molecule has 0 spiro atoms. The molecule has 4 rings (SSSR count). The monoisotopic (exact) mass is 473 g/mol. The van der Waals surface area contributed by atoms with Crippen LogP contribution in [0.5, 0.6) is 5.75 Å². The van der Waals surface area contributed by atoms with E-state index in [0.29, 0.717) is 19.8 Å². The van der Waals surface area contributed by atoms with Crippen LogP contribution in [0.2, 0.25) is 0 Å². The van der Waals surface area contributed by atoms with Crippen LogP contribution in [-0.4, -0.2) is 70.8 Å². The number of sulfonamides is 1. The smallest absolute Gasteiger partial charge is 0.251 e. The summed E-state index contributed by atoms with van der Waals surface area (Å²) in [5.41, 5.74) is 1.48. The molecule has 9 nitrogen and oxygen atoms in total. The number of amides is 2. The van der Waals surface area contributed by atoms with Gasteiger partial charge in [-0.3, -0.25) is 14.5 Å². The van der Waals surface area contributed by atoms with Crippen LogP contribution in [0.1, 0.15) is 28.4 Å². The molecule has 2 heterocycles. The number of anilines is 1. The maximum Gasteiger partial charge on any atom is 0.251 e. The highest BCUT2D eigenvalue weighted by Gasteiger charge is 2.36. The molecule has 2 saturated heterocycles. The van der Waals surface area contributed by atoms with Gasteiger partial charge < -0.3 is 14.8 Å². The van der Waals surface area contributed by atoms with Gasteiger partial charge in [-0.25, -0.2) is 12.7 Å². The van der Waals surface area contributed by atoms with Crippen molar-refractivity contribution in [3.05, 3.63) is 59.7 Å². The van der Waals surface area contributed by atoms with Crippen LogP contribution in [0, 0.1) is 0 Å². The topological polar surface area (TPSA) is 105 Å². The van der Waals surface area contributed by atoms with Crippen molar-refractivity contribution >= 4 is 27.5 Å². The van der Waals surface area contributed by atoms with Crippen LogP contribution < -0.4 is 14.4 Å². The van der Waals surface area contributed by atoms with Gasteiger partial charge in [0.2, 0.25) is 15.9 Å². The molecule has 2 aromatic carbocycles. The second kappa shape index (κ2) is 9.90. The number of hydrogen-bond acceptors (Lipinski definition) is 7. The van der Waals surface area contributed by atoms with Gasteiger partial charge in [0.15, 0.2) is 0 Å². The predicted octanol–water partition coefficient (Wildman–Crippen LogP) is 1.56. The molecule has 33 heavy (non-hydrogen) atoms. The average molecular weight is 474 g/mol. The number of nitrogens with one attached hydrogen (secondary N) is 1. The van der Waals surface area contributed by atoms with Gasteiger partial charge >= 0.3 is 0 Å². The number of nitrogens with zero attached hydrogens (tertiary/aromatic N) is 2. The third kappa shape index (κ3) is 5.18. The summed E-state index contributed by atoms with van der Waals surface area (Å²) in [5, 5.41) is 2.97. The second-order valence-electron chi connectivity index (χ2n) is 7.93. The van der Waals surface area contributed by atoms with Gasteiger partial charge in [0.05, 0.1) is 37.8 Å². The van der Waals surface area contributed by atoms with Crippen molar-refractivity contribution in [1.82, 2.24) is 10.2 Å². The summed E-state index contributed by atoms with van der Waals surface area (Å²) in [7, 11) is -2.08. The van der Waals surface area contributed by atoms with Crippen LogP contribution in [0.3, 0.4) is 0 Å². The molecular weight excluding hydrogens is 446 g/mol. The molecule has 2 fully saturated rings. The molecule has 2 aromatic rings. The molecule has 0 saturated carbocycles. The lowest BCUT2D eigenvalue weighted by atomic mass is 10.0. The Morgan fingerprint density at radius 3 is 2.61 bits per heavy atom. The van der Waals surface area contributed by atoms with E-state index in [1.165, 1.54) is 12.1 Å². The molecule has 0 radical (unpaired) electrons. The van der Waals surface area contributed by atoms with Crippen molar-refractivity contribution in [3.8, 4) is 5.75 Å². The Balaban J connectivity index is 1.52. The largest absolute Gasteiger partial charge is 0.497 e. The highest BCUT2D eigenvalue weighted by atomic mass is 32.2. The lowest BCUT2D eigenvalue weighted by Crippen LogP contribution is -2.43. The average Bonchev–Trinajstić information content (AvgIpc) is 3.12. The number of carbonyl (C=O) groups excluding carboxylic acids is 2. The van der Waals surface area contributed by atoms with Crippen molar-refractivity contribution in [2.24, 2.45) is 0 Å². The molecule has 1 N–H and O–H groups in total. The van der Waals surface area contributed by atoms with Crippen LogP contribution >= 0.6 is 0 Å². The molecule has 0 bridgehead atoms. The number of methoxy groups -OCH3 is 1. The van der Waals surface area contributed by atoms with E-state index in [1.54, 1.807) is 19.2 Å². The van der Waals surface area contributed by atoms with E-state index in [4.69, 9.17) is 9.47 Å². The standard InChI is InChI=1S/C23H27N3O6S/c1-31-20-7-3-4-17(15-20)21(25-9-11-32-12-10-25)16-24-23(28)18-5-2-6-19(14-18)26-22(27)8-13-33(26,29)30/h2-7,14-15,21H,8-13,16H2,1H3,(H,24,28)/t21-/m1/s1. The van der Waals surface area contributed by atoms with Crippen molar-refractivity contribution in [2.45, 2.75) is 12.5 Å². The zero-order chi connectivity index (χ0) is 23.4. The number of benzene rings is 2. The minimum absolute atomic E-state index is 0.0550. The van der Waals surface area contributed by atoms with Gasteiger partial charge in [0, 0.05) is 31.6 Å². The molecule has 176 valence electrons. The van der Waals surface area contributed by atoms with E-state index in [0.717, 1.165) is 28.7 Å². The Hall–Kier alpha value is -2.95. The van der Waals surface area contributed by atoms with E-state index in [1.807, 2.05) is 24.3 Å². The van der Waals surface area contributed by atoms with Gasteiger partial charge in [-0.2, -0.15) is 0 Å². The third-order valence-electron chi connectivity index (χ3n) is 5.84. The molecule has 10 heteroatoms. The highest BCUT2D eigenvalue weighted by molar-refractivity contribution is 7.94. The first-order valence-electron chi connectivity index (χ1n) is 10.8. The summed E-state index contributed by atoms with van der Waals surface area (Å²) in [5.74, 6) is -0.314. The lowest BCUT2D eigenvalue weighted by molar-refractivity contribution is -0.116. The van der Waals surface area contributed by atoms with Crippen molar-refractivity contribution in [3.63, 3.8) is 0 Å². The van der Waals surface area contributed by atoms with E-state index < -0.39 is 15.9 Å². The van der Waals surface area contributed by atoms with Gasteiger partial charge in [-0.05, 0) is 35.9 Å². The third-order valence-corrected chi connectivity index (χ3v) is 7.53. The highest BCUT2D eigenvalue weighted by Crippen LogP contribution is 2.27. The first-order chi connectivity index (χ1) is 15.9. The quantitative estimate of drug-likeness (QED) is 0.651. The normalized spacial score (nSPS) is 19.3. The van der Waals surface area contributed by atoms with Crippen LogP contribution in [0.4, 0.5) is 5.69 Å². The van der Waals surface area contributed by atoms with Crippen LogP contribution in [0.25, 0.3) is 0 Å². The predicted molar refractivity (Wildman–Crippen MR) is 123 cm³/mol. The fourth-order valence-electron chi connectivity index (χ4n) is 4.13. The molecule has 2 aliphatic rings. The molecule has 2 amide bonds. The van der Waals surface area contributed by atoms with E-state index in [-0.39, 0.29) is 35.4 Å². The first-order valence-corrected chi connectivity index (χ1v) is 12.4. The Bertz CT molecular complexity index is 1130. The minimum Gasteiger partial charge on any atom is -0.497 e. The zero-order valence-corrected chi connectivity index (χ0v) is 19.2. The Morgan fingerprint density at radius 2 is 1.91 bits per heavy atom. The van der Waals surface area contributed by atoms with Crippen LogP contribution in [-0.2, 0) is 19.6 Å². The Morgan fingerprint density at radius 1 is 1.15 bits per heavy atom. The van der Waals surface area contributed by atoms with Crippen LogP contribution in [0.15, 0.2) is 48.5 Å². The van der Waals surface area contributed by atoms with E-state index in [2.05, 4.69) is 10.2 Å². The number of hydrogen-bond donors (Lipinski definition) is 1. The minimum atomic E-state index is -3.69. The fourth-order valence-corrected chi connectivity index (χ4v) is 5.58. The van der Waals surface area contributed by atoms with E-state index in [9.17, 15) is 18.0 Å². The van der Waals surface area contributed by atoms with E-state index >= 15 is 0 Å². The summed E-state index contributed by atoms with van der Waals surface area (Å²) in [4.78, 5) is 27.3. The summed E-state index contributed by atoms with van der Waals surface area (Å²) in [6.07, 6.45) is -0.0550. The number of carbonyl (C=O) groups is 2. The summed E-state index contributed by atoms with van der Waals surface area (Å²) >= 11 is 0. The van der Waals surface area contributed by atoms with Gasteiger partial charge in [-0.15, -0.1) is 0 Å². The Labute approximate surface area is 193 Å². The molecular formula is C23H27N3O6S. The molecule has 0 aromatic heterocycles. The fraction of sp³-hybridized carbons (Fsp3) is 0.391. The number of rotatable bonds is 7. The molecule has 2 aliphatic heterocycles.